The number of carboxylic acid groups (broad SMARTS) is 1. The maximum Gasteiger partial charge on any atom is 0.323 e. The lowest BCUT2D eigenvalue weighted by Crippen LogP contribution is -2.41. The zero-order valence-electron chi connectivity index (χ0n) is 10.1. The molecule has 0 aromatic heterocycles. The minimum atomic E-state index is -1.10. The van der Waals surface area contributed by atoms with E-state index >= 15 is 0 Å². The van der Waals surface area contributed by atoms with Gasteiger partial charge in [-0.3, -0.25) is 14.5 Å². The molecule has 18 heavy (non-hydrogen) atoms. The highest BCUT2D eigenvalue weighted by Gasteiger charge is 2.23. The van der Waals surface area contributed by atoms with Crippen molar-refractivity contribution in [2.75, 3.05) is 18.6 Å². The third kappa shape index (κ3) is 3.72. The number of hydrogen-bond acceptors (Lipinski definition) is 3. The molecule has 1 rings (SSSR count). The summed E-state index contributed by atoms with van der Waals surface area (Å²) in [4.78, 5) is 24.0. The standard InChI is InChI=1S/C12H14ClNO4/c1-8(18-2)12(17)14(7-11(15)16)10-5-3-4-9(13)6-10/h3-6,8H,7H2,1-2H3,(H,15,16). The van der Waals surface area contributed by atoms with Crippen LogP contribution in [0.15, 0.2) is 24.3 Å². The van der Waals surface area contributed by atoms with Crippen LogP contribution in [0.5, 0.6) is 0 Å². The van der Waals surface area contributed by atoms with E-state index in [-0.39, 0.29) is 0 Å². The van der Waals surface area contributed by atoms with E-state index in [1.165, 1.54) is 13.2 Å². The van der Waals surface area contributed by atoms with Crippen molar-refractivity contribution in [3.63, 3.8) is 0 Å². The summed E-state index contributed by atoms with van der Waals surface area (Å²) in [5, 5.41) is 9.28. The highest BCUT2D eigenvalue weighted by molar-refractivity contribution is 6.31. The van der Waals surface area contributed by atoms with E-state index in [1.54, 1.807) is 25.1 Å². The number of halogens is 1. The van der Waals surface area contributed by atoms with Crippen molar-refractivity contribution >= 4 is 29.2 Å². The molecule has 5 nitrogen and oxygen atoms in total. The second-order valence-corrected chi connectivity index (χ2v) is 4.11. The predicted molar refractivity (Wildman–Crippen MR) is 67.9 cm³/mol. The smallest absolute Gasteiger partial charge is 0.323 e. The van der Waals surface area contributed by atoms with Crippen LogP contribution in [0.4, 0.5) is 5.69 Å². The Kier molecular flexibility index (Phi) is 5.12. The predicted octanol–water partition coefficient (Wildman–Crippen LogP) is 1.79. The molecular formula is C12H14ClNO4. The van der Waals surface area contributed by atoms with E-state index in [4.69, 9.17) is 21.4 Å². The van der Waals surface area contributed by atoms with Crippen LogP contribution in [0.2, 0.25) is 5.02 Å². The summed E-state index contributed by atoms with van der Waals surface area (Å²) in [5.41, 5.74) is 0.429. The molecule has 98 valence electrons. The maximum atomic E-state index is 12.0. The first-order valence-electron chi connectivity index (χ1n) is 5.27. The van der Waals surface area contributed by atoms with Gasteiger partial charge < -0.3 is 9.84 Å². The third-order valence-electron chi connectivity index (χ3n) is 2.38. The zero-order valence-corrected chi connectivity index (χ0v) is 10.8. The molecule has 0 bridgehead atoms. The molecule has 0 aliphatic rings. The van der Waals surface area contributed by atoms with Crippen LogP contribution in [0.1, 0.15) is 6.92 Å². The van der Waals surface area contributed by atoms with Gasteiger partial charge in [0.25, 0.3) is 5.91 Å². The minimum absolute atomic E-state index is 0.429. The second-order valence-electron chi connectivity index (χ2n) is 3.68. The molecule has 0 saturated heterocycles. The van der Waals surface area contributed by atoms with Crippen LogP contribution < -0.4 is 4.90 Å². The molecule has 0 saturated carbocycles. The number of aliphatic carboxylic acids is 1. The van der Waals surface area contributed by atoms with Crippen molar-refractivity contribution in [1.82, 2.24) is 0 Å². The van der Waals surface area contributed by atoms with Crippen LogP contribution in [0, 0.1) is 0 Å². The lowest BCUT2D eigenvalue weighted by atomic mass is 10.2. The first kappa shape index (κ1) is 14.5. The topological polar surface area (TPSA) is 66.8 Å². The van der Waals surface area contributed by atoms with E-state index in [1.807, 2.05) is 0 Å². The summed E-state index contributed by atoms with van der Waals surface area (Å²) in [6, 6.07) is 6.45. The van der Waals surface area contributed by atoms with Gasteiger partial charge >= 0.3 is 5.97 Å². The van der Waals surface area contributed by atoms with Gasteiger partial charge in [0.15, 0.2) is 0 Å². The number of anilines is 1. The highest BCUT2D eigenvalue weighted by atomic mass is 35.5. The van der Waals surface area contributed by atoms with Gasteiger partial charge in [-0.2, -0.15) is 0 Å². The van der Waals surface area contributed by atoms with Gasteiger partial charge in [-0.25, -0.2) is 0 Å². The van der Waals surface area contributed by atoms with Crippen LogP contribution in [-0.2, 0) is 14.3 Å². The van der Waals surface area contributed by atoms with E-state index in [2.05, 4.69) is 0 Å². The van der Waals surface area contributed by atoms with Crippen LogP contribution >= 0.6 is 11.6 Å². The summed E-state index contributed by atoms with van der Waals surface area (Å²) in [6.45, 7) is 1.12. The number of methoxy groups -OCH3 is 1. The third-order valence-corrected chi connectivity index (χ3v) is 2.62. The lowest BCUT2D eigenvalue weighted by molar-refractivity contribution is -0.137. The Balaban J connectivity index is 3.05. The van der Waals surface area contributed by atoms with Crippen LogP contribution in [0.25, 0.3) is 0 Å². The molecule has 1 aromatic rings. The number of ether oxygens (including phenoxy) is 1. The number of carboxylic acids is 1. The van der Waals surface area contributed by atoms with Gasteiger partial charge in [0.2, 0.25) is 0 Å². The SMILES string of the molecule is COC(C)C(=O)N(CC(=O)O)c1cccc(Cl)c1. The molecule has 0 radical (unpaired) electrons. The molecule has 6 heteroatoms. The van der Waals surface area contributed by atoms with Gasteiger partial charge in [-0.1, -0.05) is 17.7 Å². The first-order chi connectivity index (χ1) is 8.45. The quantitative estimate of drug-likeness (QED) is 0.887. The number of carbonyl (C=O) groups is 2. The van der Waals surface area contributed by atoms with E-state index in [0.29, 0.717) is 10.7 Å². The summed E-state index contributed by atoms with van der Waals surface area (Å²) < 4.78 is 4.91. The summed E-state index contributed by atoms with van der Waals surface area (Å²) >= 11 is 5.83. The maximum absolute atomic E-state index is 12.0. The van der Waals surface area contributed by atoms with E-state index in [0.717, 1.165) is 4.90 Å². The average Bonchev–Trinajstić information content (AvgIpc) is 2.34. The van der Waals surface area contributed by atoms with Gasteiger partial charge in [0.1, 0.15) is 12.6 Å². The fourth-order valence-corrected chi connectivity index (χ4v) is 1.58. The van der Waals surface area contributed by atoms with Gasteiger partial charge in [0, 0.05) is 17.8 Å². The largest absolute Gasteiger partial charge is 0.480 e. The fraction of sp³-hybridized carbons (Fsp3) is 0.333. The minimum Gasteiger partial charge on any atom is -0.480 e. The average molecular weight is 272 g/mol. The molecule has 1 amide bonds. The Morgan fingerprint density at radius 2 is 2.17 bits per heavy atom. The molecule has 0 aliphatic carbocycles. The zero-order chi connectivity index (χ0) is 13.7. The van der Waals surface area contributed by atoms with Gasteiger partial charge in [-0.05, 0) is 25.1 Å². The Hall–Kier alpha value is -1.59. The molecule has 0 heterocycles. The lowest BCUT2D eigenvalue weighted by Gasteiger charge is -2.23. The molecule has 1 aromatic carbocycles. The normalized spacial score (nSPS) is 11.9. The van der Waals surface area contributed by atoms with Crippen molar-refractivity contribution in [3.8, 4) is 0 Å². The molecule has 1 atom stereocenters. The Labute approximate surface area is 110 Å². The summed E-state index contributed by atoms with van der Waals surface area (Å²) in [7, 11) is 1.39. The van der Waals surface area contributed by atoms with Crippen molar-refractivity contribution in [2.45, 2.75) is 13.0 Å². The number of nitrogens with zero attached hydrogens (tertiary/aromatic N) is 1. The first-order valence-corrected chi connectivity index (χ1v) is 5.65. The highest BCUT2D eigenvalue weighted by Crippen LogP contribution is 2.20. The van der Waals surface area contributed by atoms with Crippen molar-refractivity contribution in [2.24, 2.45) is 0 Å². The van der Waals surface area contributed by atoms with E-state index < -0.39 is 24.5 Å². The van der Waals surface area contributed by atoms with Crippen molar-refractivity contribution < 1.29 is 19.4 Å². The van der Waals surface area contributed by atoms with Crippen molar-refractivity contribution in [1.29, 1.82) is 0 Å². The number of rotatable bonds is 5. The van der Waals surface area contributed by atoms with Crippen LogP contribution in [-0.4, -0.2) is 36.7 Å². The Morgan fingerprint density at radius 1 is 1.50 bits per heavy atom. The Morgan fingerprint density at radius 3 is 2.67 bits per heavy atom. The molecule has 0 spiro atoms. The number of carbonyl (C=O) groups excluding carboxylic acids is 1. The monoisotopic (exact) mass is 271 g/mol. The molecule has 0 aliphatic heterocycles. The van der Waals surface area contributed by atoms with Crippen molar-refractivity contribution in [3.05, 3.63) is 29.3 Å². The van der Waals surface area contributed by atoms with E-state index in [9.17, 15) is 9.59 Å². The number of benzene rings is 1. The molecule has 0 fully saturated rings. The molecule has 1 unspecified atom stereocenters. The number of hydrogen-bond donors (Lipinski definition) is 1. The van der Waals surface area contributed by atoms with Crippen LogP contribution in [0.3, 0.4) is 0 Å². The fourth-order valence-electron chi connectivity index (χ4n) is 1.40. The Bertz CT molecular complexity index is 449. The molecule has 1 N–H and O–H groups in total. The second kappa shape index (κ2) is 6.37. The summed E-state index contributed by atoms with van der Waals surface area (Å²) in [6.07, 6.45) is -0.719. The van der Waals surface area contributed by atoms with Gasteiger partial charge in [0.05, 0.1) is 0 Å². The van der Waals surface area contributed by atoms with Gasteiger partial charge in [-0.15, -0.1) is 0 Å². The number of amides is 1. The molecular weight excluding hydrogens is 258 g/mol. The summed E-state index contributed by atoms with van der Waals surface area (Å²) in [5.74, 6) is -1.53.